The molecule has 0 aliphatic heterocycles. The van der Waals surface area contributed by atoms with Gasteiger partial charge in [-0.1, -0.05) is 24.3 Å². The highest BCUT2D eigenvalue weighted by molar-refractivity contribution is 7.88. The third kappa shape index (κ3) is 5.61. The molecule has 0 saturated heterocycles. The summed E-state index contributed by atoms with van der Waals surface area (Å²) in [6.45, 7) is 3.75. The number of benzene rings is 2. The zero-order chi connectivity index (χ0) is 21.9. The topological polar surface area (TPSA) is 104 Å². The van der Waals surface area contributed by atoms with Crippen LogP contribution < -0.4 is 10.0 Å². The molecule has 160 valence electrons. The van der Waals surface area contributed by atoms with Crippen molar-refractivity contribution in [2.24, 2.45) is 0 Å². The normalized spacial score (nSPS) is 12.1. The van der Waals surface area contributed by atoms with Gasteiger partial charge in [-0.2, -0.15) is 0 Å². The van der Waals surface area contributed by atoms with Gasteiger partial charge in [-0.3, -0.25) is 4.79 Å². The van der Waals surface area contributed by atoms with Crippen LogP contribution in [0, 0.1) is 0 Å². The van der Waals surface area contributed by atoms with E-state index in [0.29, 0.717) is 22.2 Å². The number of aromatic nitrogens is 2. The van der Waals surface area contributed by atoms with Gasteiger partial charge in [-0.15, -0.1) is 0 Å². The number of hydrogen-bond donors (Lipinski definition) is 3. The molecule has 7 nitrogen and oxygen atoms in total. The molecular weight excluding hydrogens is 414 g/mol. The Morgan fingerprint density at radius 2 is 1.77 bits per heavy atom. The lowest BCUT2D eigenvalue weighted by Crippen LogP contribution is -2.31. The van der Waals surface area contributed by atoms with Crippen molar-refractivity contribution < 1.29 is 22.0 Å². The van der Waals surface area contributed by atoms with Gasteiger partial charge in [-0.05, 0) is 43.2 Å². The summed E-state index contributed by atoms with van der Waals surface area (Å²) >= 11 is 0. The molecule has 0 radical (unpaired) electrons. The average Bonchev–Trinajstić information content (AvgIpc) is 3.09. The van der Waals surface area contributed by atoms with E-state index in [1.54, 1.807) is 38.1 Å². The monoisotopic (exact) mass is 436 g/mol. The molecule has 0 fully saturated rings. The number of nitrogens with one attached hydrogen (secondary N) is 3. The van der Waals surface area contributed by atoms with Crippen LogP contribution in [-0.2, 0) is 22.3 Å². The Hall–Kier alpha value is -2.85. The van der Waals surface area contributed by atoms with Gasteiger partial charge >= 0.3 is 0 Å². The number of H-pyrrole nitrogens is 1. The van der Waals surface area contributed by atoms with Crippen LogP contribution >= 0.6 is 0 Å². The number of aromatic amines is 1. The number of imidazole rings is 1. The van der Waals surface area contributed by atoms with Crippen molar-refractivity contribution in [2.75, 3.05) is 0 Å². The predicted molar refractivity (Wildman–Crippen MR) is 110 cm³/mol. The van der Waals surface area contributed by atoms with E-state index in [9.17, 15) is 22.0 Å². The molecule has 1 heterocycles. The molecule has 1 aromatic heterocycles. The molecular formula is C20H22F2N4O3S. The van der Waals surface area contributed by atoms with Crippen molar-refractivity contribution >= 4 is 27.0 Å². The van der Waals surface area contributed by atoms with Gasteiger partial charge in [0.2, 0.25) is 10.0 Å². The van der Waals surface area contributed by atoms with Gasteiger partial charge in [0.1, 0.15) is 0 Å². The van der Waals surface area contributed by atoms with Crippen molar-refractivity contribution in [3.63, 3.8) is 0 Å². The van der Waals surface area contributed by atoms with Crippen molar-refractivity contribution in [1.82, 2.24) is 20.0 Å². The Morgan fingerprint density at radius 3 is 2.40 bits per heavy atom. The number of sulfonamides is 1. The first kappa shape index (κ1) is 21.8. The fourth-order valence-corrected chi connectivity index (χ4v) is 4.36. The van der Waals surface area contributed by atoms with E-state index >= 15 is 0 Å². The van der Waals surface area contributed by atoms with Crippen LogP contribution in [0.2, 0.25) is 0 Å². The highest BCUT2D eigenvalue weighted by atomic mass is 32.2. The zero-order valence-corrected chi connectivity index (χ0v) is 17.3. The van der Waals surface area contributed by atoms with Gasteiger partial charge in [-0.25, -0.2) is 26.9 Å². The summed E-state index contributed by atoms with van der Waals surface area (Å²) in [6.07, 6.45) is -2.71. The molecule has 3 N–H and O–H groups in total. The number of fused-ring (bicyclic) bond motifs is 1. The third-order valence-corrected chi connectivity index (χ3v) is 5.76. The van der Waals surface area contributed by atoms with E-state index in [-0.39, 0.29) is 24.2 Å². The van der Waals surface area contributed by atoms with Crippen LogP contribution in [0.15, 0.2) is 42.5 Å². The minimum atomic E-state index is -3.40. The first-order valence-corrected chi connectivity index (χ1v) is 10.9. The number of nitrogens with zero attached hydrogens (tertiary/aromatic N) is 1. The van der Waals surface area contributed by atoms with Crippen molar-refractivity contribution in [3.8, 4) is 0 Å². The van der Waals surface area contributed by atoms with E-state index in [4.69, 9.17) is 0 Å². The average molecular weight is 436 g/mol. The Bertz CT molecular complexity index is 1140. The lowest BCUT2D eigenvalue weighted by atomic mass is 10.1. The Kier molecular flexibility index (Phi) is 6.47. The van der Waals surface area contributed by atoms with Gasteiger partial charge in [0.25, 0.3) is 12.3 Å². The standard InChI is InChI=1S/C20H22F2N4O3S/c1-12(2)26-30(28,29)11-14-5-3-13(4-6-14)10-23-20(27)15-7-8-16-17(9-15)25-19(24-16)18(21)22/h3-9,12,18,26H,10-11H2,1-2H3,(H,23,27)(H,24,25). The second kappa shape index (κ2) is 8.88. The highest BCUT2D eigenvalue weighted by Gasteiger charge is 2.15. The maximum Gasteiger partial charge on any atom is 0.295 e. The quantitative estimate of drug-likeness (QED) is 0.504. The minimum Gasteiger partial charge on any atom is -0.348 e. The molecule has 2 aromatic carbocycles. The number of rotatable bonds is 8. The van der Waals surface area contributed by atoms with E-state index in [1.165, 1.54) is 18.2 Å². The molecule has 0 bridgehead atoms. The van der Waals surface area contributed by atoms with Crippen LogP contribution in [-0.4, -0.2) is 30.3 Å². The van der Waals surface area contributed by atoms with E-state index in [0.717, 1.165) is 5.56 Å². The second-order valence-electron chi connectivity index (χ2n) is 7.19. The summed E-state index contributed by atoms with van der Waals surface area (Å²) in [5.74, 6) is -0.922. The number of alkyl halides is 2. The molecule has 0 aliphatic carbocycles. The zero-order valence-electron chi connectivity index (χ0n) is 16.4. The predicted octanol–water partition coefficient (Wildman–Crippen LogP) is 3.26. The van der Waals surface area contributed by atoms with Gasteiger partial charge < -0.3 is 10.3 Å². The van der Waals surface area contributed by atoms with E-state index in [2.05, 4.69) is 20.0 Å². The van der Waals surface area contributed by atoms with Crippen molar-refractivity contribution in [1.29, 1.82) is 0 Å². The summed E-state index contributed by atoms with van der Waals surface area (Å²) in [5.41, 5.74) is 2.47. The van der Waals surface area contributed by atoms with Crippen LogP contribution in [0.5, 0.6) is 0 Å². The molecule has 10 heteroatoms. The Morgan fingerprint density at radius 1 is 1.10 bits per heavy atom. The summed E-state index contributed by atoms with van der Waals surface area (Å²) in [7, 11) is -3.40. The lowest BCUT2D eigenvalue weighted by Gasteiger charge is -2.10. The molecule has 3 aromatic rings. The number of carbonyl (C=O) groups excluding carboxylic acids is 1. The lowest BCUT2D eigenvalue weighted by molar-refractivity contribution is 0.0951. The summed E-state index contributed by atoms with van der Waals surface area (Å²) in [4.78, 5) is 18.7. The number of carbonyl (C=O) groups is 1. The molecule has 0 atom stereocenters. The summed E-state index contributed by atoms with van der Waals surface area (Å²) in [5, 5.41) is 2.75. The van der Waals surface area contributed by atoms with Crippen LogP contribution in [0.1, 0.15) is 47.6 Å². The largest absolute Gasteiger partial charge is 0.348 e. The van der Waals surface area contributed by atoms with Crippen LogP contribution in [0.4, 0.5) is 8.78 Å². The van der Waals surface area contributed by atoms with Crippen molar-refractivity contribution in [2.45, 2.75) is 38.6 Å². The molecule has 0 aliphatic rings. The van der Waals surface area contributed by atoms with E-state index < -0.39 is 22.3 Å². The van der Waals surface area contributed by atoms with Crippen LogP contribution in [0.3, 0.4) is 0 Å². The molecule has 1 amide bonds. The molecule has 3 rings (SSSR count). The fraction of sp³-hybridized carbons (Fsp3) is 0.300. The minimum absolute atomic E-state index is 0.122. The Labute approximate surface area is 173 Å². The van der Waals surface area contributed by atoms with Gasteiger partial charge in [0.15, 0.2) is 5.82 Å². The van der Waals surface area contributed by atoms with Gasteiger partial charge in [0, 0.05) is 18.2 Å². The maximum atomic E-state index is 12.7. The first-order valence-electron chi connectivity index (χ1n) is 9.27. The molecule has 0 saturated carbocycles. The van der Waals surface area contributed by atoms with Crippen LogP contribution in [0.25, 0.3) is 11.0 Å². The fourth-order valence-electron chi connectivity index (χ4n) is 2.93. The summed E-state index contributed by atoms with van der Waals surface area (Å²) in [6, 6.07) is 11.2. The summed E-state index contributed by atoms with van der Waals surface area (Å²) < 4.78 is 52.0. The van der Waals surface area contributed by atoms with E-state index in [1.807, 2.05) is 0 Å². The third-order valence-electron chi connectivity index (χ3n) is 4.22. The first-order chi connectivity index (χ1) is 14.1. The van der Waals surface area contributed by atoms with Gasteiger partial charge in [0.05, 0.1) is 16.8 Å². The molecule has 30 heavy (non-hydrogen) atoms. The smallest absolute Gasteiger partial charge is 0.295 e. The highest BCUT2D eigenvalue weighted by Crippen LogP contribution is 2.20. The maximum absolute atomic E-state index is 12.7. The molecule has 0 unspecified atom stereocenters. The Balaban J connectivity index is 1.61. The SMILES string of the molecule is CC(C)NS(=O)(=O)Cc1ccc(CNC(=O)c2ccc3nc(C(F)F)[nH]c3c2)cc1. The molecule has 0 spiro atoms. The van der Waals surface area contributed by atoms with Crippen molar-refractivity contribution in [3.05, 3.63) is 65.0 Å². The number of halogens is 2. The number of amides is 1. The number of hydrogen-bond acceptors (Lipinski definition) is 4. The second-order valence-corrected chi connectivity index (χ2v) is 8.94.